The second kappa shape index (κ2) is 2.42. The Morgan fingerprint density at radius 2 is 2.55 bits per heavy atom. The van der Waals surface area contributed by atoms with Crippen molar-refractivity contribution in [1.82, 2.24) is 4.98 Å². The maximum absolute atomic E-state index is 5.26. The molecule has 0 unspecified atom stereocenters. The minimum absolute atomic E-state index is 0.796. The Morgan fingerprint density at radius 3 is 3.36 bits per heavy atom. The average molecular weight is 149 g/mol. The first-order valence-corrected chi connectivity index (χ1v) is 3.52. The monoisotopic (exact) mass is 149 g/mol. The van der Waals surface area contributed by atoms with Crippen LogP contribution < -0.4 is 9.64 Å². The summed E-state index contributed by atoms with van der Waals surface area (Å²) in [7, 11) is 1.99. The van der Waals surface area contributed by atoms with Gasteiger partial charge in [-0.15, -0.1) is 0 Å². The zero-order valence-electron chi connectivity index (χ0n) is 6.32. The van der Waals surface area contributed by atoms with Crippen molar-refractivity contribution in [2.75, 3.05) is 18.5 Å². The molecule has 1 aliphatic heterocycles. The predicted molar refractivity (Wildman–Crippen MR) is 42.4 cm³/mol. The normalized spacial score (nSPS) is 15.5. The molecule has 0 saturated heterocycles. The summed E-state index contributed by atoms with van der Waals surface area (Å²) < 4.78 is 5.26. The number of pyridine rings is 1. The van der Waals surface area contributed by atoms with Gasteiger partial charge < -0.3 is 9.64 Å². The molecular formula is C8H9N2O. The second-order valence-electron chi connectivity index (χ2n) is 2.49. The van der Waals surface area contributed by atoms with Gasteiger partial charge >= 0.3 is 0 Å². The van der Waals surface area contributed by atoms with Gasteiger partial charge in [-0.25, -0.2) is 4.98 Å². The highest BCUT2D eigenvalue weighted by Gasteiger charge is 2.14. The Labute approximate surface area is 65.6 Å². The molecule has 1 aromatic rings. The van der Waals surface area contributed by atoms with E-state index in [1.807, 2.05) is 24.1 Å². The van der Waals surface area contributed by atoms with Gasteiger partial charge in [-0.05, 0) is 12.1 Å². The molecule has 0 saturated carbocycles. The fraction of sp³-hybridized carbons (Fsp3) is 0.250. The van der Waals surface area contributed by atoms with Crippen molar-refractivity contribution in [2.24, 2.45) is 0 Å². The maximum atomic E-state index is 5.26. The molecule has 0 fully saturated rings. The van der Waals surface area contributed by atoms with E-state index in [4.69, 9.17) is 4.74 Å². The standard InChI is InChI=1S/C8H9N2O/c1-10-5-6-11-7-3-2-4-9-8(7)10/h2-4,6H,5H2,1H3. The van der Waals surface area contributed by atoms with Gasteiger partial charge in [0, 0.05) is 13.2 Å². The average Bonchev–Trinajstić information content (AvgIpc) is 2.06. The second-order valence-corrected chi connectivity index (χ2v) is 2.49. The molecule has 1 aromatic heterocycles. The van der Waals surface area contributed by atoms with E-state index in [1.165, 1.54) is 0 Å². The number of likely N-dealkylation sites (N-methyl/N-ethyl adjacent to an activating group) is 1. The van der Waals surface area contributed by atoms with Gasteiger partial charge in [-0.3, -0.25) is 0 Å². The third kappa shape index (κ3) is 1.02. The fourth-order valence-corrected chi connectivity index (χ4v) is 1.09. The summed E-state index contributed by atoms with van der Waals surface area (Å²) in [6, 6.07) is 3.78. The Kier molecular flexibility index (Phi) is 1.42. The van der Waals surface area contributed by atoms with Crippen molar-refractivity contribution < 1.29 is 4.74 Å². The maximum Gasteiger partial charge on any atom is 0.171 e. The predicted octanol–water partition coefficient (Wildman–Crippen LogP) is 1.07. The molecule has 0 aliphatic carbocycles. The van der Waals surface area contributed by atoms with Crippen LogP contribution in [0.3, 0.4) is 0 Å². The van der Waals surface area contributed by atoms with Gasteiger partial charge in [0.25, 0.3) is 0 Å². The van der Waals surface area contributed by atoms with Crippen molar-refractivity contribution >= 4 is 5.82 Å². The molecule has 3 heteroatoms. The summed E-state index contributed by atoms with van der Waals surface area (Å²) >= 11 is 0. The van der Waals surface area contributed by atoms with Crippen LogP contribution in [0.1, 0.15) is 0 Å². The first-order chi connectivity index (χ1) is 5.38. The van der Waals surface area contributed by atoms with E-state index in [2.05, 4.69) is 4.98 Å². The number of nitrogens with zero attached hydrogens (tertiary/aromatic N) is 2. The smallest absolute Gasteiger partial charge is 0.171 e. The molecular weight excluding hydrogens is 140 g/mol. The third-order valence-electron chi connectivity index (χ3n) is 1.67. The van der Waals surface area contributed by atoms with Crippen LogP contribution in [0.4, 0.5) is 5.82 Å². The number of fused-ring (bicyclic) bond motifs is 1. The summed E-state index contributed by atoms with van der Waals surface area (Å²) in [4.78, 5) is 6.22. The molecule has 0 atom stereocenters. The lowest BCUT2D eigenvalue weighted by molar-refractivity contribution is 0.385. The molecule has 0 amide bonds. The Balaban J connectivity index is 2.44. The highest BCUT2D eigenvalue weighted by atomic mass is 16.5. The van der Waals surface area contributed by atoms with E-state index in [0.29, 0.717) is 0 Å². The van der Waals surface area contributed by atoms with Gasteiger partial charge in [0.2, 0.25) is 0 Å². The molecule has 0 aromatic carbocycles. The van der Waals surface area contributed by atoms with Crippen LogP contribution in [0.5, 0.6) is 5.75 Å². The van der Waals surface area contributed by atoms with Crippen LogP contribution >= 0.6 is 0 Å². The minimum Gasteiger partial charge on any atom is -0.481 e. The van der Waals surface area contributed by atoms with E-state index in [9.17, 15) is 0 Å². The molecule has 3 nitrogen and oxygen atoms in total. The molecule has 0 bridgehead atoms. The van der Waals surface area contributed by atoms with E-state index >= 15 is 0 Å². The van der Waals surface area contributed by atoms with E-state index in [0.717, 1.165) is 18.1 Å². The number of anilines is 1. The molecule has 0 spiro atoms. The molecule has 1 radical (unpaired) electrons. The number of ether oxygens (including phenoxy) is 1. The largest absolute Gasteiger partial charge is 0.481 e. The van der Waals surface area contributed by atoms with E-state index < -0.39 is 0 Å². The summed E-state index contributed by atoms with van der Waals surface area (Å²) in [6.45, 7) is 2.56. The molecule has 57 valence electrons. The van der Waals surface area contributed by atoms with Crippen LogP contribution in [0.2, 0.25) is 0 Å². The highest BCUT2D eigenvalue weighted by Crippen LogP contribution is 2.27. The lowest BCUT2D eigenvalue weighted by atomic mass is 10.3. The molecule has 0 N–H and O–H groups in total. The van der Waals surface area contributed by atoms with Crippen LogP contribution in [-0.2, 0) is 0 Å². The van der Waals surface area contributed by atoms with Crippen LogP contribution in [0, 0.1) is 6.61 Å². The van der Waals surface area contributed by atoms with E-state index in [1.54, 1.807) is 12.8 Å². The molecule has 2 heterocycles. The van der Waals surface area contributed by atoms with Crippen molar-refractivity contribution in [2.45, 2.75) is 0 Å². The van der Waals surface area contributed by atoms with Gasteiger partial charge in [0.05, 0.1) is 6.54 Å². The Bertz CT molecular complexity index is 262. The van der Waals surface area contributed by atoms with Crippen molar-refractivity contribution in [3.63, 3.8) is 0 Å². The van der Waals surface area contributed by atoms with Crippen molar-refractivity contribution in [1.29, 1.82) is 0 Å². The molecule has 1 aliphatic rings. The Hall–Kier alpha value is -1.25. The third-order valence-corrected chi connectivity index (χ3v) is 1.67. The number of hydrogen-bond acceptors (Lipinski definition) is 3. The van der Waals surface area contributed by atoms with Crippen LogP contribution in [0.25, 0.3) is 0 Å². The van der Waals surface area contributed by atoms with Crippen molar-refractivity contribution in [3.05, 3.63) is 24.9 Å². The van der Waals surface area contributed by atoms with Gasteiger partial charge in [-0.1, -0.05) is 0 Å². The van der Waals surface area contributed by atoms with Crippen molar-refractivity contribution in [3.8, 4) is 5.75 Å². The lowest BCUT2D eigenvalue weighted by Gasteiger charge is -2.25. The van der Waals surface area contributed by atoms with Gasteiger partial charge in [0.15, 0.2) is 18.2 Å². The zero-order chi connectivity index (χ0) is 7.68. The first kappa shape index (κ1) is 6.46. The summed E-state index contributed by atoms with van der Waals surface area (Å²) in [5, 5.41) is 0. The molecule has 11 heavy (non-hydrogen) atoms. The quantitative estimate of drug-likeness (QED) is 0.551. The Morgan fingerprint density at radius 1 is 1.64 bits per heavy atom. The minimum atomic E-state index is 0.796. The fourth-order valence-electron chi connectivity index (χ4n) is 1.09. The van der Waals surface area contributed by atoms with Crippen LogP contribution in [-0.4, -0.2) is 18.6 Å². The molecule has 2 rings (SSSR count). The van der Waals surface area contributed by atoms with Crippen LogP contribution in [0.15, 0.2) is 18.3 Å². The number of hydrogen-bond donors (Lipinski definition) is 0. The topological polar surface area (TPSA) is 25.4 Å². The number of rotatable bonds is 0. The van der Waals surface area contributed by atoms with E-state index in [-0.39, 0.29) is 0 Å². The number of aromatic nitrogens is 1. The van der Waals surface area contributed by atoms with Gasteiger partial charge in [-0.2, -0.15) is 0 Å². The summed E-state index contributed by atoms with van der Waals surface area (Å²) in [6.07, 6.45) is 1.77. The summed E-state index contributed by atoms with van der Waals surface area (Å²) in [5.41, 5.74) is 0. The SMILES string of the molecule is CN1C[CH]Oc2cccnc21. The zero-order valence-corrected chi connectivity index (χ0v) is 6.32. The lowest BCUT2D eigenvalue weighted by Crippen LogP contribution is -2.26. The summed E-state index contributed by atoms with van der Waals surface area (Å²) in [5.74, 6) is 1.75. The highest BCUT2D eigenvalue weighted by molar-refractivity contribution is 5.53. The van der Waals surface area contributed by atoms with Gasteiger partial charge in [0.1, 0.15) is 0 Å². The first-order valence-electron chi connectivity index (χ1n) is 3.52.